The molecule has 1 aromatic carbocycles. The largest absolute Gasteiger partial charge is 0.354 e. The minimum Gasteiger partial charge on any atom is -0.354 e. The van der Waals surface area contributed by atoms with E-state index in [0.717, 1.165) is 9.86 Å². The maximum absolute atomic E-state index is 10.9. The highest BCUT2D eigenvalue weighted by atomic mass is 79.9. The first-order chi connectivity index (χ1) is 8.25. The van der Waals surface area contributed by atoms with Gasteiger partial charge in [0.25, 0.3) is 5.56 Å². The van der Waals surface area contributed by atoms with Crippen molar-refractivity contribution in [2.24, 2.45) is 0 Å². The lowest BCUT2D eigenvalue weighted by Gasteiger charge is -1.94. The minimum absolute atomic E-state index is 0.247. The average Bonchev–Trinajstić information content (AvgIpc) is 2.75. The monoisotopic (exact) mass is 291 g/mol. The highest BCUT2D eigenvalue weighted by Gasteiger charge is 2.13. The van der Waals surface area contributed by atoms with Crippen LogP contribution in [0.25, 0.3) is 22.4 Å². The second-order valence-corrected chi connectivity index (χ2v) is 4.31. The van der Waals surface area contributed by atoms with Crippen LogP contribution >= 0.6 is 15.9 Å². The first kappa shape index (κ1) is 10.2. The van der Waals surface area contributed by atoms with Crippen LogP contribution in [-0.4, -0.2) is 15.4 Å². The predicted molar refractivity (Wildman–Crippen MR) is 65.6 cm³/mol. The molecule has 0 unspecified atom stereocenters. The van der Waals surface area contributed by atoms with Crippen LogP contribution in [0.3, 0.4) is 0 Å². The van der Waals surface area contributed by atoms with Gasteiger partial charge in [-0.15, -0.1) is 0 Å². The highest BCUT2D eigenvalue weighted by Crippen LogP contribution is 2.30. The van der Waals surface area contributed by atoms with E-state index < -0.39 is 0 Å². The van der Waals surface area contributed by atoms with Gasteiger partial charge in [0.2, 0.25) is 0 Å². The Bertz CT molecular complexity index is 727. The first-order valence-corrected chi connectivity index (χ1v) is 5.65. The summed E-state index contributed by atoms with van der Waals surface area (Å²) in [5.74, 6) is 0. The summed E-state index contributed by atoms with van der Waals surface area (Å²) in [5, 5.41) is 11.1. The van der Waals surface area contributed by atoms with Crippen molar-refractivity contribution in [3.05, 3.63) is 45.2 Å². The lowest BCUT2D eigenvalue weighted by Crippen LogP contribution is -2.05. The van der Waals surface area contributed by atoms with E-state index >= 15 is 0 Å². The third kappa shape index (κ3) is 1.66. The molecule has 0 atom stereocenters. The lowest BCUT2D eigenvalue weighted by molar-refractivity contribution is 0.458. The van der Waals surface area contributed by atoms with Gasteiger partial charge < -0.3 is 4.52 Å². The van der Waals surface area contributed by atoms with Crippen LogP contribution in [0.5, 0.6) is 0 Å². The molecule has 0 saturated heterocycles. The lowest BCUT2D eigenvalue weighted by atomic mass is 10.2. The maximum Gasteiger partial charge on any atom is 0.264 e. The summed E-state index contributed by atoms with van der Waals surface area (Å²) < 4.78 is 6.07. The van der Waals surface area contributed by atoms with Crippen LogP contribution in [0.1, 0.15) is 0 Å². The SMILES string of the molecule is O=c1ccc(-c2noc3c(Br)cccc23)n[nH]1. The standard InChI is InChI=1S/C11H6BrN3O2/c12-7-3-1-2-6-10(15-17-11(6)7)8-4-5-9(16)14-13-8/h1-5H,(H,14,16). The maximum atomic E-state index is 10.9. The van der Waals surface area contributed by atoms with Gasteiger partial charge in [0.1, 0.15) is 11.4 Å². The highest BCUT2D eigenvalue weighted by molar-refractivity contribution is 9.10. The Hall–Kier alpha value is -1.95. The van der Waals surface area contributed by atoms with E-state index in [0.29, 0.717) is 17.0 Å². The number of benzene rings is 1. The normalized spacial score (nSPS) is 10.9. The molecule has 0 saturated carbocycles. The molecule has 0 bridgehead atoms. The number of hydrogen-bond acceptors (Lipinski definition) is 4. The molecule has 1 N–H and O–H groups in total. The number of hydrogen-bond donors (Lipinski definition) is 1. The van der Waals surface area contributed by atoms with Gasteiger partial charge in [-0.05, 0) is 34.1 Å². The molecule has 6 heteroatoms. The summed E-state index contributed by atoms with van der Waals surface area (Å²) >= 11 is 3.38. The summed E-state index contributed by atoms with van der Waals surface area (Å²) in [6.45, 7) is 0. The second kappa shape index (κ2) is 3.81. The number of rotatable bonds is 1. The Balaban J connectivity index is 2.28. The number of nitrogens with one attached hydrogen (secondary N) is 1. The third-order valence-electron chi connectivity index (χ3n) is 2.37. The fourth-order valence-electron chi connectivity index (χ4n) is 1.59. The van der Waals surface area contributed by atoms with Crippen LogP contribution in [0.15, 0.2) is 44.1 Å². The third-order valence-corrected chi connectivity index (χ3v) is 3.00. The molecular formula is C11H6BrN3O2. The van der Waals surface area contributed by atoms with Crippen molar-refractivity contribution in [3.8, 4) is 11.4 Å². The van der Waals surface area contributed by atoms with E-state index in [2.05, 4.69) is 31.3 Å². The van der Waals surface area contributed by atoms with Crippen LogP contribution in [0.2, 0.25) is 0 Å². The van der Waals surface area contributed by atoms with Gasteiger partial charge >= 0.3 is 0 Å². The average molecular weight is 292 g/mol. The van der Waals surface area contributed by atoms with Crippen molar-refractivity contribution in [2.45, 2.75) is 0 Å². The Morgan fingerprint density at radius 3 is 2.88 bits per heavy atom. The van der Waals surface area contributed by atoms with Crippen molar-refractivity contribution in [3.63, 3.8) is 0 Å². The van der Waals surface area contributed by atoms with Gasteiger partial charge in [0.05, 0.1) is 9.86 Å². The van der Waals surface area contributed by atoms with E-state index in [-0.39, 0.29) is 5.56 Å². The van der Waals surface area contributed by atoms with Gasteiger partial charge in [0, 0.05) is 6.07 Å². The summed E-state index contributed by atoms with van der Waals surface area (Å²) in [7, 11) is 0. The number of aromatic nitrogens is 3. The van der Waals surface area contributed by atoms with Crippen LogP contribution in [-0.2, 0) is 0 Å². The molecule has 0 aliphatic heterocycles. The quantitative estimate of drug-likeness (QED) is 0.747. The van der Waals surface area contributed by atoms with Gasteiger partial charge in [-0.2, -0.15) is 5.10 Å². The summed E-state index contributed by atoms with van der Waals surface area (Å²) in [6, 6.07) is 8.66. The van der Waals surface area contributed by atoms with Crippen molar-refractivity contribution in [1.29, 1.82) is 0 Å². The molecule has 0 amide bonds. The number of halogens is 1. The number of H-pyrrole nitrogens is 1. The molecule has 0 aliphatic carbocycles. The van der Waals surface area contributed by atoms with E-state index in [1.807, 2.05) is 18.2 Å². The molecule has 5 nitrogen and oxygen atoms in total. The van der Waals surface area contributed by atoms with E-state index in [1.165, 1.54) is 6.07 Å². The molecule has 17 heavy (non-hydrogen) atoms. The van der Waals surface area contributed by atoms with Crippen LogP contribution < -0.4 is 5.56 Å². The zero-order valence-corrected chi connectivity index (χ0v) is 10.1. The van der Waals surface area contributed by atoms with Gasteiger partial charge in [0.15, 0.2) is 5.58 Å². The molecular weight excluding hydrogens is 286 g/mol. The van der Waals surface area contributed by atoms with E-state index in [1.54, 1.807) is 6.07 Å². The van der Waals surface area contributed by atoms with Crippen molar-refractivity contribution in [1.82, 2.24) is 15.4 Å². The summed E-state index contributed by atoms with van der Waals surface area (Å²) in [4.78, 5) is 10.9. The van der Waals surface area contributed by atoms with Crippen molar-refractivity contribution >= 4 is 26.9 Å². The Kier molecular flexibility index (Phi) is 2.29. The number of fused-ring (bicyclic) bond motifs is 1. The molecule has 84 valence electrons. The molecule has 3 rings (SSSR count). The molecule has 3 aromatic rings. The van der Waals surface area contributed by atoms with Gasteiger partial charge in [-0.25, -0.2) is 5.10 Å². The topological polar surface area (TPSA) is 71.8 Å². The molecule has 0 spiro atoms. The smallest absolute Gasteiger partial charge is 0.264 e. The van der Waals surface area contributed by atoms with Crippen molar-refractivity contribution < 1.29 is 4.52 Å². The van der Waals surface area contributed by atoms with E-state index in [9.17, 15) is 4.79 Å². The first-order valence-electron chi connectivity index (χ1n) is 4.86. The molecule has 2 heterocycles. The minimum atomic E-state index is -0.247. The number of nitrogens with zero attached hydrogens (tertiary/aromatic N) is 2. The van der Waals surface area contributed by atoms with Crippen LogP contribution in [0, 0.1) is 0 Å². The molecule has 0 radical (unpaired) electrons. The fraction of sp³-hybridized carbons (Fsp3) is 0. The van der Waals surface area contributed by atoms with Crippen molar-refractivity contribution in [2.75, 3.05) is 0 Å². The second-order valence-electron chi connectivity index (χ2n) is 3.45. The van der Waals surface area contributed by atoms with Gasteiger partial charge in [-0.3, -0.25) is 4.79 Å². The number of aromatic amines is 1. The summed E-state index contributed by atoms with van der Waals surface area (Å²) in [6.07, 6.45) is 0. The molecule has 0 fully saturated rings. The molecule has 0 aliphatic rings. The summed E-state index contributed by atoms with van der Waals surface area (Å²) in [5.41, 5.74) is 1.59. The molecule has 2 aromatic heterocycles. The zero-order chi connectivity index (χ0) is 11.8. The van der Waals surface area contributed by atoms with Crippen LogP contribution in [0.4, 0.5) is 0 Å². The number of para-hydroxylation sites is 1. The Morgan fingerprint density at radius 1 is 1.24 bits per heavy atom. The Labute approximate surface area is 104 Å². The van der Waals surface area contributed by atoms with E-state index in [4.69, 9.17) is 4.52 Å². The fourth-order valence-corrected chi connectivity index (χ4v) is 2.03. The zero-order valence-electron chi connectivity index (χ0n) is 8.48. The van der Waals surface area contributed by atoms with Gasteiger partial charge in [-0.1, -0.05) is 11.2 Å². The predicted octanol–water partition coefficient (Wildman–Crippen LogP) is 2.34. The Morgan fingerprint density at radius 2 is 2.12 bits per heavy atom.